The zero-order valence-electron chi connectivity index (χ0n) is 18.8. The Bertz CT molecular complexity index is 1420. The van der Waals surface area contributed by atoms with Crippen LogP contribution in [0.4, 0.5) is 11.4 Å². The molecule has 1 atom stereocenters. The van der Waals surface area contributed by atoms with Crippen LogP contribution in [0.5, 0.6) is 0 Å². The van der Waals surface area contributed by atoms with Crippen LogP contribution in [0.2, 0.25) is 0 Å². The second-order valence-corrected chi connectivity index (χ2v) is 9.84. The average molecular weight is 531 g/mol. The van der Waals surface area contributed by atoms with E-state index in [-0.39, 0.29) is 10.9 Å². The van der Waals surface area contributed by atoms with E-state index in [1.54, 1.807) is 16.4 Å². The normalized spacial score (nSPS) is 15.8. The molecule has 0 radical (unpaired) electrons. The highest BCUT2D eigenvalue weighted by atomic mass is 79.9. The van der Waals surface area contributed by atoms with Gasteiger partial charge in [0, 0.05) is 23.4 Å². The summed E-state index contributed by atoms with van der Waals surface area (Å²) in [6.07, 6.45) is 1.87. The SMILES string of the molecule is Cc1c(N=CC2SC=C(c3ccc(Br)cc3)N2c2ccccc2)c(=O)n(-c2ccccc2)n1C. The molecule has 2 heterocycles. The van der Waals surface area contributed by atoms with Crippen molar-refractivity contribution in [2.45, 2.75) is 12.3 Å². The minimum absolute atomic E-state index is 0.0785. The summed E-state index contributed by atoms with van der Waals surface area (Å²) in [5.74, 6) is 0. The second-order valence-electron chi connectivity index (χ2n) is 7.93. The van der Waals surface area contributed by atoms with Crippen LogP contribution in [0.3, 0.4) is 0 Å². The molecule has 0 saturated carbocycles. The molecule has 0 N–H and O–H groups in total. The van der Waals surface area contributed by atoms with Crippen LogP contribution >= 0.6 is 27.7 Å². The first-order chi connectivity index (χ1) is 16.5. The van der Waals surface area contributed by atoms with E-state index in [0.29, 0.717) is 5.69 Å². The van der Waals surface area contributed by atoms with Gasteiger partial charge in [-0.25, -0.2) is 4.68 Å². The van der Waals surface area contributed by atoms with Gasteiger partial charge in [0.1, 0.15) is 5.37 Å². The summed E-state index contributed by atoms with van der Waals surface area (Å²) in [6, 6.07) is 28.2. The number of benzene rings is 3. The maximum absolute atomic E-state index is 13.3. The smallest absolute Gasteiger partial charge is 0.297 e. The van der Waals surface area contributed by atoms with Crippen molar-refractivity contribution in [1.82, 2.24) is 9.36 Å². The van der Waals surface area contributed by atoms with Crippen molar-refractivity contribution in [3.05, 3.63) is 116 Å². The summed E-state index contributed by atoms with van der Waals surface area (Å²) in [5, 5.41) is 2.08. The van der Waals surface area contributed by atoms with Gasteiger partial charge in [-0.2, -0.15) is 0 Å². The molecule has 0 fully saturated rings. The lowest BCUT2D eigenvalue weighted by atomic mass is 10.1. The number of aliphatic imine (C=N–C) groups is 1. The summed E-state index contributed by atoms with van der Waals surface area (Å²) in [5.41, 5.74) is 5.27. The molecule has 4 aromatic rings. The molecule has 1 unspecified atom stereocenters. The zero-order chi connectivity index (χ0) is 23.7. The zero-order valence-corrected chi connectivity index (χ0v) is 21.2. The Kier molecular flexibility index (Phi) is 6.30. The lowest BCUT2D eigenvalue weighted by Gasteiger charge is -2.27. The van der Waals surface area contributed by atoms with Gasteiger partial charge in [-0.3, -0.25) is 14.5 Å². The van der Waals surface area contributed by atoms with Gasteiger partial charge in [0.25, 0.3) is 5.56 Å². The third-order valence-electron chi connectivity index (χ3n) is 5.86. The summed E-state index contributed by atoms with van der Waals surface area (Å²) >= 11 is 5.20. The van der Waals surface area contributed by atoms with Crippen molar-refractivity contribution in [1.29, 1.82) is 0 Å². The third kappa shape index (κ3) is 4.17. The lowest BCUT2D eigenvalue weighted by molar-refractivity contribution is 0.630. The van der Waals surface area contributed by atoms with Gasteiger partial charge in [-0.05, 0) is 54.3 Å². The largest absolute Gasteiger partial charge is 0.323 e. The highest BCUT2D eigenvalue weighted by Gasteiger charge is 2.28. The molecular formula is C27H23BrN4OS. The number of nitrogens with zero attached hydrogens (tertiary/aromatic N) is 4. The van der Waals surface area contributed by atoms with Crippen LogP contribution in [0, 0.1) is 6.92 Å². The molecule has 0 saturated heterocycles. The molecule has 5 rings (SSSR count). The first-order valence-electron chi connectivity index (χ1n) is 10.9. The van der Waals surface area contributed by atoms with Crippen molar-refractivity contribution in [2.75, 3.05) is 4.90 Å². The van der Waals surface area contributed by atoms with Gasteiger partial charge in [-0.15, -0.1) is 11.8 Å². The summed E-state index contributed by atoms with van der Waals surface area (Å²) < 4.78 is 4.55. The average Bonchev–Trinajstić information content (AvgIpc) is 3.38. The summed E-state index contributed by atoms with van der Waals surface area (Å²) in [7, 11) is 1.89. The minimum Gasteiger partial charge on any atom is -0.323 e. The van der Waals surface area contributed by atoms with Gasteiger partial charge in [-0.1, -0.05) is 64.5 Å². The Labute approximate surface area is 211 Å². The number of aromatic nitrogens is 2. The number of anilines is 1. The molecule has 0 aliphatic carbocycles. The van der Waals surface area contributed by atoms with Crippen LogP contribution in [0.1, 0.15) is 11.3 Å². The fourth-order valence-corrected chi connectivity index (χ4v) is 5.30. The van der Waals surface area contributed by atoms with E-state index in [0.717, 1.165) is 32.8 Å². The Balaban J connectivity index is 1.51. The molecule has 1 aliphatic rings. The van der Waals surface area contributed by atoms with E-state index in [1.807, 2.05) is 85.5 Å². The molecule has 0 bridgehead atoms. The van der Waals surface area contributed by atoms with E-state index in [9.17, 15) is 4.79 Å². The maximum Gasteiger partial charge on any atom is 0.297 e. The molecule has 34 heavy (non-hydrogen) atoms. The quantitative estimate of drug-likeness (QED) is 0.275. The highest BCUT2D eigenvalue weighted by Crippen LogP contribution is 2.40. The van der Waals surface area contributed by atoms with Gasteiger partial charge < -0.3 is 4.90 Å². The van der Waals surface area contributed by atoms with Crippen LogP contribution < -0.4 is 10.5 Å². The van der Waals surface area contributed by atoms with Gasteiger partial charge in [0.15, 0.2) is 5.69 Å². The predicted octanol–water partition coefficient (Wildman–Crippen LogP) is 6.53. The lowest BCUT2D eigenvalue weighted by Crippen LogP contribution is -2.28. The molecule has 3 aromatic carbocycles. The van der Waals surface area contributed by atoms with Gasteiger partial charge in [0.05, 0.1) is 17.1 Å². The van der Waals surface area contributed by atoms with Crippen molar-refractivity contribution in [2.24, 2.45) is 12.0 Å². The number of halogens is 1. The fourth-order valence-electron chi connectivity index (χ4n) is 4.03. The predicted molar refractivity (Wildman–Crippen MR) is 146 cm³/mol. The Hall–Kier alpha value is -3.29. The molecule has 1 aliphatic heterocycles. The second kappa shape index (κ2) is 9.52. The topological polar surface area (TPSA) is 42.5 Å². The van der Waals surface area contributed by atoms with Crippen molar-refractivity contribution in [3.63, 3.8) is 0 Å². The number of hydrogen-bond acceptors (Lipinski definition) is 4. The minimum atomic E-state index is -0.127. The molecule has 0 amide bonds. The van der Waals surface area contributed by atoms with Gasteiger partial charge >= 0.3 is 0 Å². The van der Waals surface area contributed by atoms with E-state index in [2.05, 4.69) is 50.5 Å². The Morgan fingerprint density at radius 1 is 0.912 bits per heavy atom. The molecular weight excluding hydrogens is 508 g/mol. The molecule has 0 spiro atoms. The third-order valence-corrected chi connectivity index (χ3v) is 7.36. The molecule has 5 nitrogen and oxygen atoms in total. The van der Waals surface area contributed by atoms with Crippen LogP contribution in [0.25, 0.3) is 11.4 Å². The van der Waals surface area contributed by atoms with Crippen LogP contribution in [0.15, 0.2) is 105 Å². The first kappa shape index (κ1) is 22.5. The van der Waals surface area contributed by atoms with E-state index in [4.69, 9.17) is 4.99 Å². The Morgan fingerprint density at radius 2 is 1.53 bits per heavy atom. The number of hydrogen-bond donors (Lipinski definition) is 0. The maximum atomic E-state index is 13.3. The Morgan fingerprint density at radius 3 is 2.18 bits per heavy atom. The van der Waals surface area contributed by atoms with Crippen molar-refractivity contribution in [3.8, 4) is 5.69 Å². The van der Waals surface area contributed by atoms with E-state index < -0.39 is 0 Å². The van der Waals surface area contributed by atoms with Crippen LogP contribution in [-0.4, -0.2) is 21.0 Å². The van der Waals surface area contributed by atoms with Gasteiger partial charge in [0.2, 0.25) is 0 Å². The standard InChI is InChI=1S/C27H23BrN4OS/c1-19-26(27(33)32(30(19)2)23-11-7-4-8-12-23)29-17-25-31(22-9-5-3-6-10-22)24(18-34-25)20-13-15-21(28)16-14-20/h3-18,25H,1-2H3. The summed E-state index contributed by atoms with van der Waals surface area (Å²) in [6.45, 7) is 1.93. The number of thioether (sulfide) groups is 1. The van der Waals surface area contributed by atoms with E-state index >= 15 is 0 Å². The summed E-state index contributed by atoms with van der Waals surface area (Å²) in [4.78, 5) is 20.3. The first-order valence-corrected chi connectivity index (χ1v) is 12.6. The molecule has 1 aromatic heterocycles. The van der Waals surface area contributed by atoms with E-state index in [1.165, 1.54) is 0 Å². The fraction of sp³-hybridized carbons (Fsp3) is 0.111. The van der Waals surface area contributed by atoms with Crippen molar-refractivity contribution < 1.29 is 0 Å². The molecule has 7 heteroatoms. The van der Waals surface area contributed by atoms with Crippen molar-refractivity contribution >= 4 is 51.0 Å². The monoisotopic (exact) mass is 530 g/mol. The molecule has 170 valence electrons. The highest BCUT2D eigenvalue weighted by molar-refractivity contribution is 9.10. The van der Waals surface area contributed by atoms with Crippen LogP contribution in [-0.2, 0) is 7.05 Å². The number of rotatable bonds is 5. The number of para-hydroxylation sites is 2.